The Morgan fingerprint density at radius 2 is 1.82 bits per heavy atom. The lowest BCUT2D eigenvalue weighted by Crippen LogP contribution is -2.60. The molecular weight excluding hydrogens is 484 g/mol. The molecule has 3 aliphatic rings. The number of hydrogen-bond donors (Lipinski definition) is 2. The number of amides is 2. The van der Waals surface area contributed by atoms with Gasteiger partial charge in [0.25, 0.3) is 0 Å². The summed E-state index contributed by atoms with van der Waals surface area (Å²) in [4.78, 5) is 43.5. The van der Waals surface area contributed by atoms with Crippen molar-refractivity contribution in [1.29, 1.82) is 0 Å². The predicted octanol–water partition coefficient (Wildman–Crippen LogP) is 3.77. The number of nitrogens with one attached hydrogen (secondary N) is 1. The molecule has 210 valence electrons. The topological polar surface area (TPSA) is 105 Å². The van der Waals surface area contributed by atoms with Gasteiger partial charge in [0.1, 0.15) is 17.6 Å². The van der Waals surface area contributed by atoms with Crippen molar-refractivity contribution in [3.63, 3.8) is 0 Å². The molecule has 1 aromatic rings. The molecule has 2 amide bonds. The Hall–Kier alpha value is -2.45. The molecule has 0 aromatic heterocycles. The molecule has 2 unspecified atom stereocenters. The highest BCUT2D eigenvalue weighted by molar-refractivity contribution is 5.99. The molecule has 3 heterocycles. The van der Waals surface area contributed by atoms with Gasteiger partial charge in [-0.2, -0.15) is 0 Å². The largest absolute Gasteiger partial charge is 0.466 e. The molecule has 3 saturated heterocycles. The summed E-state index contributed by atoms with van der Waals surface area (Å²) < 4.78 is 12.2. The Labute approximate surface area is 226 Å². The third-order valence-corrected chi connectivity index (χ3v) is 8.53. The number of nitrogens with zero attached hydrogens (tertiary/aromatic N) is 1. The third kappa shape index (κ3) is 4.64. The Morgan fingerprint density at radius 3 is 2.37 bits per heavy atom. The second kappa shape index (κ2) is 9.94. The van der Waals surface area contributed by atoms with Gasteiger partial charge in [-0.3, -0.25) is 14.4 Å². The van der Waals surface area contributed by atoms with E-state index in [1.54, 1.807) is 6.92 Å². The first kappa shape index (κ1) is 28.6. The van der Waals surface area contributed by atoms with E-state index in [1.165, 1.54) is 4.90 Å². The molecule has 0 saturated carbocycles. The molecule has 0 radical (unpaired) electrons. The van der Waals surface area contributed by atoms with Crippen LogP contribution in [0, 0.1) is 17.3 Å². The summed E-state index contributed by atoms with van der Waals surface area (Å²) in [7, 11) is 0. The van der Waals surface area contributed by atoms with Crippen molar-refractivity contribution < 1.29 is 29.0 Å². The first-order valence-corrected chi connectivity index (χ1v) is 13.9. The van der Waals surface area contributed by atoms with E-state index in [-0.39, 0.29) is 30.4 Å². The SMILES string of the molecule is CCOC(=O)[C@H]1[C@H]2C(=O)N([C@H](CO)c3ccccc3)C(C(=O)NC(C)(C)CC(C)(C)C)C23CC[C@]1(CC)O3. The monoisotopic (exact) mass is 528 g/mol. The van der Waals surface area contributed by atoms with E-state index in [0.717, 1.165) is 12.0 Å². The van der Waals surface area contributed by atoms with Crippen LogP contribution in [-0.2, 0) is 23.9 Å². The van der Waals surface area contributed by atoms with Gasteiger partial charge >= 0.3 is 5.97 Å². The van der Waals surface area contributed by atoms with Crippen LogP contribution in [0.4, 0.5) is 0 Å². The number of carbonyl (C=O) groups excluding carboxylic acids is 3. The summed E-state index contributed by atoms with van der Waals surface area (Å²) in [6.07, 6.45) is 2.30. The summed E-state index contributed by atoms with van der Waals surface area (Å²) in [6.45, 7) is 13.9. The molecule has 3 fully saturated rings. The van der Waals surface area contributed by atoms with E-state index in [2.05, 4.69) is 26.1 Å². The Kier molecular flexibility index (Phi) is 7.47. The number of ether oxygens (including phenoxy) is 2. The number of likely N-dealkylation sites (tertiary alicyclic amines) is 1. The lowest BCUT2D eigenvalue weighted by Gasteiger charge is -2.40. The van der Waals surface area contributed by atoms with Gasteiger partial charge in [0, 0.05) is 5.54 Å². The van der Waals surface area contributed by atoms with Crippen molar-refractivity contribution >= 4 is 17.8 Å². The summed E-state index contributed by atoms with van der Waals surface area (Å²) in [5.74, 6) is -2.76. The minimum Gasteiger partial charge on any atom is -0.466 e. The van der Waals surface area contributed by atoms with Gasteiger partial charge in [0.05, 0.1) is 30.8 Å². The zero-order valence-electron chi connectivity index (χ0n) is 23.9. The molecule has 2 N–H and O–H groups in total. The van der Waals surface area contributed by atoms with Crippen LogP contribution in [0.1, 0.15) is 85.8 Å². The smallest absolute Gasteiger partial charge is 0.312 e. The van der Waals surface area contributed by atoms with Crippen LogP contribution in [-0.4, -0.2) is 63.8 Å². The molecule has 38 heavy (non-hydrogen) atoms. The van der Waals surface area contributed by atoms with Crippen molar-refractivity contribution in [2.45, 2.75) is 103 Å². The maximum Gasteiger partial charge on any atom is 0.312 e. The number of hydrogen-bond acceptors (Lipinski definition) is 6. The van der Waals surface area contributed by atoms with Crippen molar-refractivity contribution in [1.82, 2.24) is 10.2 Å². The molecule has 8 nitrogen and oxygen atoms in total. The number of benzene rings is 1. The normalized spacial score (nSPS) is 31.3. The van der Waals surface area contributed by atoms with Crippen LogP contribution >= 0.6 is 0 Å². The van der Waals surface area contributed by atoms with Crippen LogP contribution in [0.2, 0.25) is 0 Å². The minimum atomic E-state index is -1.17. The molecule has 1 spiro atoms. The summed E-state index contributed by atoms with van der Waals surface area (Å²) in [5, 5.41) is 13.8. The number of fused-ring (bicyclic) bond motifs is 1. The highest BCUT2D eigenvalue weighted by Crippen LogP contribution is 2.65. The Bertz CT molecular complexity index is 1070. The fourth-order valence-electron chi connectivity index (χ4n) is 7.68. The lowest BCUT2D eigenvalue weighted by molar-refractivity contribution is -0.162. The fraction of sp³-hybridized carbons (Fsp3) is 0.700. The Morgan fingerprint density at radius 1 is 1.16 bits per heavy atom. The molecule has 6 atom stereocenters. The van der Waals surface area contributed by atoms with Gasteiger partial charge in [0.2, 0.25) is 11.8 Å². The first-order chi connectivity index (χ1) is 17.8. The van der Waals surface area contributed by atoms with E-state index < -0.39 is 46.6 Å². The molecule has 1 aromatic carbocycles. The van der Waals surface area contributed by atoms with E-state index >= 15 is 0 Å². The fourth-order valence-corrected chi connectivity index (χ4v) is 7.68. The van der Waals surface area contributed by atoms with Crippen LogP contribution < -0.4 is 5.32 Å². The molecule has 0 aliphatic carbocycles. The van der Waals surface area contributed by atoms with Gasteiger partial charge in [-0.05, 0) is 57.4 Å². The van der Waals surface area contributed by atoms with Crippen LogP contribution in [0.5, 0.6) is 0 Å². The van der Waals surface area contributed by atoms with Gasteiger partial charge in [-0.25, -0.2) is 0 Å². The van der Waals surface area contributed by atoms with Crippen molar-refractivity contribution in [2.24, 2.45) is 17.3 Å². The van der Waals surface area contributed by atoms with Gasteiger partial charge in [-0.15, -0.1) is 0 Å². The number of aliphatic hydroxyl groups is 1. The highest BCUT2D eigenvalue weighted by Gasteiger charge is 2.79. The average Bonchev–Trinajstić information content (AvgIpc) is 3.42. The van der Waals surface area contributed by atoms with E-state index in [1.807, 2.05) is 51.1 Å². The molecule has 4 rings (SSSR count). The Balaban J connectivity index is 1.83. The average molecular weight is 529 g/mol. The number of carbonyl (C=O) groups is 3. The van der Waals surface area contributed by atoms with E-state index in [9.17, 15) is 19.5 Å². The van der Waals surface area contributed by atoms with E-state index in [4.69, 9.17) is 9.47 Å². The summed E-state index contributed by atoms with van der Waals surface area (Å²) in [5.41, 5.74) is -1.89. The number of esters is 1. The summed E-state index contributed by atoms with van der Waals surface area (Å²) in [6, 6.07) is 7.48. The molecule has 8 heteroatoms. The van der Waals surface area contributed by atoms with Crippen LogP contribution in [0.3, 0.4) is 0 Å². The number of aliphatic hydroxyl groups excluding tert-OH is 1. The first-order valence-electron chi connectivity index (χ1n) is 13.9. The predicted molar refractivity (Wildman–Crippen MR) is 143 cm³/mol. The zero-order chi connectivity index (χ0) is 28.1. The van der Waals surface area contributed by atoms with E-state index in [0.29, 0.717) is 19.3 Å². The zero-order valence-corrected chi connectivity index (χ0v) is 23.9. The lowest BCUT2D eigenvalue weighted by atomic mass is 9.65. The van der Waals surface area contributed by atoms with Crippen molar-refractivity contribution in [3.8, 4) is 0 Å². The standard InChI is InChI=1S/C30H44N2O6/c1-8-29-15-16-30(38-29)21(22(29)26(36)37-9-2)25(35)32(20(17-33)19-13-11-10-12-14-19)23(30)24(34)31-28(6,7)18-27(3,4)5/h10-14,20-23,33H,8-9,15-18H2,1-7H3,(H,31,34)/t20-,21+,22-,23?,29+,30?/m1/s1. The second-order valence-corrected chi connectivity index (χ2v) is 13.1. The highest BCUT2D eigenvalue weighted by atomic mass is 16.6. The van der Waals surface area contributed by atoms with Crippen LogP contribution in [0.25, 0.3) is 0 Å². The maximum absolute atomic E-state index is 14.4. The minimum absolute atomic E-state index is 0.0377. The maximum atomic E-state index is 14.4. The van der Waals surface area contributed by atoms with Crippen molar-refractivity contribution in [3.05, 3.63) is 35.9 Å². The second-order valence-electron chi connectivity index (χ2n) is 13.1. The third-order valence-electron chi connectivity index (χ3n) is 8.53. The van der Waals surface area contributed by atoms with Gasteiger partial charge in [-0.1, -0.05) is 58.0 Å². The molecule has 3 aliphatic heterocycles. The van der Waals surface area contributed by atoms with Gasteiger partial charge < -0.3 is 24.8 Å². The quantitative estimate of drug-likeness (QED) is 0.473. The molecule has 2 bridgehead atoms. The van der Waals surface area contributed by atoms with Crippen molar-refractivity contribution in [2.75, 3.05) is 13.2 Å². The van der Waals surface area contributed by atoms with Crippen LogP contribution in [0.15, 0.2) is 30.3 Å². The summed E-state index contributed by atoms with van der Waals surface area (Å²) >= 11 is 0. The number of rotatable bonds is 9. The molecular formula is C30H44N2O6. The van der Waals surface area contributed by atoms with Gasteiger partial charge in [0.15, 0.2) is 0 Å².